The van der Waals surface area contributed by atoms with E-state index < -0.39 is 0 Å². The molecule has 1 aromatic heterocycles. The molecule has 1 heterocycles. The van der Waals surface area contributed by atoms with E-state index in [4.69, 9.17) is 11.6 Å². The minimum Gasteiger partial charge on any atom is -0.348 e. The van der Waals surface area contributed by atoms with Crippen molar-refractivity contribution in [2.75, 3.05) is 11.4 Å². The van der Waals surface area contributed by atoms with E-state index in [0.717, 1.165) is 25.8 Å². The molecule has 0 amide bonds. The van der Waals surface area contributed by atoms with E-state index in [1.807, 2.05) is 0 Å². The number of nitrogens with zero attached hydrogens (tertiary/aromatic N) is 3. The van der Waals surface area contributed by atoms with Gasteiger partial charge in [0.05, 0.1) is 4.92 Å². The lowest BCUT2D eigenvalue weighted by atomic mass is 10.1. The lowest BCUT2D eigenvalue weighted by Crippen LogP contribution is -2.36. The monoisotopic (exact) mass is 311 g/mol. The average molecular weight is 312 g/mol. The molecule has 1 aliphatic carbocycles. The zero-order valence-electron chi connectivity index (χ0n) is 12.6. The van der Waals surface area contributed by atoms with E-state index in [1.54, 1.807) is 0 Å². The summed E-state index contributed by atoms with van der Waals surface area (Å²) < 4.78 is 0. The minimum atomic E-state index is -0.365. The number of anilines is 1. The zero-order chi connectivity index (χ0) is 15.4. The van der Waals surface area contributed by atoms with Gasteiger partial charge in [-0.05, 0) is 31.2 Å². The molecule has 5 nitrogen and oxygen atoms in total. The van der Waals surface area contributed by atoms with E-state index in [1.165, 1.54) is 25.0 Å². The Kier molecular flexibility index (Phi) is 5.39. The summed E-state index contributed by atoms with van der Waals surface area (Å²) in [5.74, 6) is 0.979. The van der Waals surface area contributed by atoms with Crippen LogP contribution in [0.1, 0.15) is 46.0 Å². The van der Waals surface area contributed by atoms with Crippen LogP contribution in [0.15, 0.2) is 12.1 Å². The fourth-order valence-electron chi connectivity index (χ4n) is 2.85. The van der Waals surface area contributed by atoms with Crippen LogP contribution in [0.4, 0.5) is 11.5 Å². The standard InChI is InChI=1S/C15H22ClN3O2/c1-11(2)9-10-18(12-5-3-4-6-12)15-13(19(20)21)7-8-14(16)17-15/h7-8,11-12H,3-6,9-10H2,1-2H3. The lowest BCUT2D eigenvalue weighted by molar-refractivity contribution is -0.384. The van der Waals surface area contributed by atoms with Gasteiger partial charge in [0, 0.05) is 18.7 Å². The van der Waals surface area contributed by atoms with Crippen molar-refractivity contribution in [3.63, 3.8) is 0 Å². The molecule has 2 rings (SSSR count). The molecule has 1 fully saturated rings. The molecule has 116 valence electrons. The number of pyridine rings is 1. The van der Waals surface area contributed by atoms with Gasteiger partial charge in [-0.2, -0.15) is 0 Å². The van der Waals surface area contributed by atoms with Gasteiger partial charge < -0.3 is 4.90 Å². The Bertz CT molecular complexity index is 502. The highest BCUT2D eigenvalue weighted by molar-refractivity contribution is 6.29. The van der Waals surface area contributed by atoms with Gasteiger partial charge in [0.25, 0.3) is 0 Å². The Labute approximate surface area is 130 Å². The zero-order valence-corrected chi connectivity index (χ0v) is 13.3. The number of rotatable bonds is 6. The van der Waals surface area contributed by atoms with Crippen molar-refractivity contribution in [1.29, 1.82) is 0 Å². The Balaban J connectivity index is 2.34. The van der Waals surface area contributed by atoms with Gasteiger partial charge >= 0.3 is 5.69 Å². The number of hydrogen-bond acceptors (Lipinski definition) is 4. The average Bonchev–Trinajstić information content (AvgIpc) is 2.92. The minimum absolute atomic E-state index is 0.0510. The molecule has 0 aromatic carbocycles. The number of aromatic nitrogens is 1. The number of hydrogen-bond donors (Lipinski definition) is 0. The summed E-state index contributed by atoms with van der Waals surface area (Å²) in [5.41, 5.74) is 0.0510. The van der Waals surface area contributed by atoms with Crippen molar-refractivity contribution in [1.82, 2.24) is 4.98 Å². The summed E-state index contributed by atoms with van der Waals surface area (Å²) in [4.78, 5) is 17.3. The maximum absolute atomic E-state index is 11.3. The third-order valence-electron chi connectivity index (χ3n) is 4.00. The van der Waals surface area contributed by atoms with E-state index in [9.17, 15) is 10.1 Å². The van der Waals surface area contributed by atoms with Crippen LogP contribution in [0.5, 0.6) is 0 Å². The van der Waals surface area contributed by atoms with Crippen LogP contribution in [0.2, 0.25) is 5.15 Å². The molecule has 1 aromatic rings. The van der Waals surface area contributed by atoms with Crippen LogP contribution in [-0.2, 0) is 0 Å². The Morgan fingerprint density at radius 1 is 1.43 bits per heavy atom. The Hall–Kier alpha value is -1.36. The van der Waals surface area contributed by atoms with Gasteiger partial charge in [0.1, 0.15) is 5.15 Å². The molecule has 0 saturated heterocycles. The predicted molar refractivity (Wildman–Crippen MR) is 85.0 cm³/mol. The van der Waals surface area contributed by atoms with Gasteiger partial charge in [-0.15, -0.1) is 0 Å². The molecule has 21 heavy (non-hydrogen) atoms. The molecule has 0 radical (unpaired) electrons. The maximum atomic E-state index is 11.3. The molecule has 6 heteroatoms. The molecule has 0 aliphatic heterocycles. The second-order valence-electron chi connectivity index (χ2n) is 6.05. The van der Waals surface area contributed by atoms with Crippen molar-refractivity contribution >= 4 is 23.1 Å². The molecule has 0 atom stereocenters. The van der Waals surface area contributed by atoms with Crippen molar-refractivity contribution in [3.05, 3.63) is 27.4 Å². The summed E-state index contributed by atoms with van der Waals surface area (Å²) in [7, 11) is 0. The summed E-state index contributed by atoms with van der Waals surface area (Å²) in [6, 6.07) is 3.29. The first-order valence-electron chi connectivity index (χ1n) is 7.56. The first kappa shape index (κ1) is 16.0. The third kappa shape index (κ3) is 4.06. The van der Waals surface area contributed by atoms with E-state index in [2.05, 4.69) is 23.7 Å². The van der Waals surface area contributed by atoms with Crippen LogP contribution < -0.4 is 4.90 Å². The highest BCUT2D eigenvalue weighted by Gasteiger charge is 2.29. The smallest absolute Gasteiger partial charge is 0.311 e. The van der Waals surface area contributed by atoms with Crippen LogP contribution in [0.3, 0.4) is 0 Å². The van der Waals surface area contributed by atoms with Crippen LogP contribution >= 0.6 is 11.6 Å². The Morgan fingerprint density at radius 3 is 2.67 bits per heavy atom. The van der Waals surface area contributed by atoms with Gasteiger partial charge in [0.15, 0.2) is 0 Å². The van der Waals surface area contributed by atoms with Crippen molar-refractivity contribution in [2.45, 2.75) is 52.0 Å². The van der Waals surface area contributed by atoms with Gasteiger partial charge in [-0.25, -0.2) is 4.98 Å². The summed E-state index contributed by atoms with van der Waals surface area (Å²) in [6.45, 7) is 5.11. The van der Waals surface area contributed by atoms with Crippen molar-refractivity contribution < 1.29 is 4.92 Å². The largest absolute Gasteiger partial charge is 0.348 e. The first-order valence-corrected chi connectivity index (χ1v) is 7.94. The maximum Gasteiger partial charge on any atom is 0.311 e. The highest BCUT2D eigenvalue weighted by atomic mass is 35.5. The van der Waals surface area contributed by atoms with E-state index in [-0.39, 0.29) is 10.6 Å². The molecule has 0 N–H and O–H groups in total. The number of halogens is 1. The van der Waals surface area contributed by atoms with Crippen LogP contribution in [0.25, 0.3) is 0 Å². The molecule has 1 aliphatic rings. The quantitative estimate of drug-likeness (QED) is 0.443. The second-order valence-corrected chi connectivity index (χ2v) is 6.44. The number of nitro groups is 1. The molecular weight excluding hydrogens is 290 g/mol. The van der Waals surface area contributed by atoms with Gasteiger partial charge in [0.2, 0.25) is 5.82 Å². The SMILES string of the molecule is CC(C)CCN(c1nc(Cl)ccc1[N+](=O)[O-])C1CCCC1. The summed E-state index contributed by atoms with van der Waals surface area (Å²) in [5, 5.41) is 11.6. The van der Waals surface area contributed by atoms with Crippen molar-refractivity contribution in [2.24, 2.45) is 5.92 Å². The lowest BCUT2D eigenvalue weighted by Gasteiger charge is -2.30. The normalized spacial score (nSPS) is 15.6. The second kappa shape index (κ2) is 7.07. The van der Waals surface area contributed by atoms with Crippen LogP contribution in [0, 0.1) is 16.0 Å². The first-order chi connectivity index (χ1) is 9.99. The highest BCUT2D eigenvalue weighted by Crippen LogP contribution is 2.34. The van der Waals surface area contributed by atoms with Crippen LogP contribution in [-0.4, -0.2) is 22.5 Å². The molecular formula is C15H22ClN3O2. The Morgan fingerprint density at radius 2 is 2.10 bits per heavy atom. The third-order valence-corrected chi connectivity index (χ3v) is 4.21. The fourth-order valence-corrected chi connectivity index (χ4v) is 2.99. The van der Waals surface area contributed by atoms with Gasteiger partial charge in [-0.3, -0.25) is 10.1 Å². The van der Waals surface area contributed by atoms with E-state index >= 15 is 0 Å². The predicted octanol–water partition coefficient (Wildman–Crippen LogP) is 4.44. The van der Waals surface area contributed by atoms with Crippen molar-refractivity contribution in [3.8, 4) is 0 Å². The molecule has 0 spiro atoms. The topological polar surface area (TPSA) is 59.3 Å². The molecule has 0 unspecified atom stereocenters. The molecule has 0 bridgehead atoms. The fraction of sp³-hybridized carbons (Fsp3) is 0.667. The van der Waals surface area contributed by atoms with E-state index in [0.29, 0.717) is 22.9 Å². The summed E-state index contributed by atoms with van der Waals surface area (Å²) >= 11 is 5.97. The summed E-state index contributed by atoms with van der Waals surface area (Å²) in [6.07, 6.45) is 5.49. The molecule has 1 saturated carbocycles. The van der Waals surface area contributed by atoms with Gasteiger partial charge in [-0.1, -0.05) is 38.3 Å².